The number of aromatic nitrogens is 4. The lowest BCUT2D eigenvalue weighted by Gasteiger charge is -2.16. The molecule has 0 aliphatic heterocycles. The lowest BCUT2D eigenvalue weighted by atomic mass is 9.98. The van der Waals surface area contributed by atoms with E-state index in [1.807, 2.05) is 72.8 Å². The predicted octanol–water partition coefficient (Wildman–Crippen LogP) is 13.5. The maximum atomic E-state index is 6.56. The van der Waals surface area contributed by atoms with Crippen LogP contribution in [0.15, 0.2) is 192 Å². The van der Waals surface area contributed by atoms with Crippen LogP contribution in [0.1, 0.15) is 5.56 Å². The fourth-order valence-corrected chi connectivity index (χ4v) is 8.28. The fourth-order valence-electron chi connectivity index (χ4n) is 8.28. The number of rotatable bonds is 6. The van der Waals surface area contributed by atoms with Crippen molar-refractivity contribution in [3.8, 4) is 62.1 Å². The first-order valence-electron chi connectivity index (χ1n) is 19.2. The third-order valence-electron chi connectivity index (χ3n) is 11.0. The molecule has 0 aliphatic carbocycles. The molecular formula is C52H34N4O. The number of aryl methyl sites for hydroxylation is 1. The fraction of sp³-hybridized carbons (Fsp3) is 0.0192. The smallest absolute Gasteiger partial charge is 0.166 e. The molecule has 11 aromatic rings. The molecule has 0 radical (unpaired) electrons. The average Bonchev–Trinajstić information content (AvgIpc) is 3.82. The normalized spacial score (nSPS) is 11.6. The molecule has 3 aromatic heterocycles. The third-order valence-corrected chi connectivity index (χ3v) is 11.0. The summed E-state index contributed by atoms with van der Waals surface area (Å²) in [5.74, 6) is 1.80. The Labute approximate surface area is 329 Å². The van der Waals surface area contributed by atoms with Crippen molar-refractivity contribution in [3.63, 3.8) is 0 Å². The zero-order valence-electron chi connectivity index (χ0n) is 31.1. The number of benzene rings is 8. The molecule has 0 amide bonds. The van der Waals surface area contributed by atoms with Crippen LogP contribution in [-0.2, 0) is 0 Å². The first kappa shape index (κ1) is 32.8. The van der Waals surface area contributed by atoms with Gasteiger partial charge in [-0.15, -0.1) is 0 Å². The Kier molecular flexibility index (Phi) is 7.64. The van der Waals surface area contributed by atoms with Crippen molar-refractivity contribution < 1.29 is 4.42 Å². The molecule has 3 heterocycles. The monoisotopic (exact) mass is 730 g/mol. The number of fused-ring (bicyclic) bond motifs is 6. The standard InChI is InChI=1S/C52H34N4O/c1-33-15-8-9-20-38(33)36-27-29-46-43(31-36)40-21-10-12-25-45(40)56(46)47-30-28-37(39-23-14-24-42-41-22-11-13-26-48(41)57-49(39)42)32-44(47)52-54-50(34-16-4-2-5-17-34)53-51(55-52)35-18-6-3-7-19-35/h2-32H,1H3. The van der Waals surface area contributed by atoms with E-state index >= 15 is 0 Å². The van der Waals surface area contributed by atoms with Crippen LogP contribution in [-0.4, -0.2) is 19.5 Å². The Hall–Kier alpha value is -7.63. The minimum absolute atomic E-state index is 0.582. The van der Waals surface area contributed by atoms with E-state index in [-0.39, 0.29) is 0 Å². The van der Waals surface area contributed by atoms with Gasteiger partial charge in [-0.05, 0) is 65.6 Å². The second-order valence-electron chi connectivity index (χ2n) is 14.5. The van der Waals surface area contributed by atoms with Gasteiger partial charge in [-0.1, -0.05) is 152 Å². The molecule has 57 heavy (non-hydrogen) atoms. The summed E-state index contributed by atoms with van der Waals surface area (Å²) in [5.41, 5.74) is 13.3. The third kappa shape index (κ3) is 5.51. The van der Waals surface area contributed by atoms with Crippen LogP contribution >= 0.6 is 0 Å². The summed E-state index contributed by atoms with van der Waals surface area (Å²) in [6, 6.07) is 65.6. The molecule has 268 valence electrons. The molecule has 0 aliphatic rings. The van der Waals surface area contributed by atoms with Crippen molar-refractivity contribution in [2.24, 2.45) is 0 Å². The zero-order valence-corrected chi connectivity index (χ0v) is 31.1. The molecule has 5 heteroatoms. The highest BCUT2D eigenvalue weighted by atomic mass is 16.3. The van der Waals surface area contributed by atoms with E-state index in [1.54, 1.807) is 0 Å². The van der Waals surface area contributed by atoms with Gasteiger partial charge in [0, 0.05) is 43.8 Å². The van der Waals surface area contributed by atoms with Gasteiger partial charge < -0.3 is 8.98 Å². The van der Waals surface area contributed by atoms with Crippen LogP contribution in [0, 0.1) is 6.92 Å². The molecule has 0 saturated heterocycles. The van der Waals surface area contributed by atoms with Crippen LogP contribution in [0.3, 0.4) is 0 Å². The summed E-state index contributed by atoms with van der Waals surface area (Å²) >= 11 is 0. The van der Waals surface area contributed by atoms with E-state index in [0.717, 1.165) is 66.5 Å². The predicted molar refractivity (Wildman–Crippen MR) is 233 cm³/mol. The summed E-state index contributed by atoms with van der Waals surface area (Å²) in [5, 5.41) is 4.53. The van der Waals surface area contributed by atoms with Crippen molar-refractivity contribution in [1.82, 2.24) is 19.5 Å². The maximum Gasteiger partial charge on any atom is 0.166 e. The molecular weight excluding hydrogens is 697 g/mol. The second kappa shape index (κ2) is 13.3. The van der Waals surface area contributed by atoms with Crippen molar-refractivity contribution >= 4 is 43.7 Å². The number of para-hydroxylation sites is 3. The summed E-state index contributed by atoms with van der Waals surface area (Å²) in [6.45, 7) is 2.17. The van der Waals surface area contributed by atoms with Gasteiger partial charge in [0.25, 0.3) is 0 Å². The SMILES string of the molecule is Cc1ccccc1-c1ccc2c(c1)c1ccccc1n2-c1ccc(-c2cccc3c2oc2ccccc23)cc1-c1nc(-c2ccccc2)nc(-c2ccccc2)n1. The number of hydrogen-bond acceptors (Lipinski definition) is 4. The highest BCUT2D eigenvalue weighted by molar-refractivity contribution is 6.12. The maximum absolute atomic E-state index is 6.56. The number of furan rings is 1. The minimum atomic E-state index is 0.582. The number of hydrogen-bond donors (Lipinski definition) is 0. The Balaban J connectivity index is 1.21. The average molecular weight is 731 g/mol. The zero-order chi connectivity index (χ0) is 37.9. The van der Waals surface area contributed by atoms with E-state index in [2.05, 4.69) is 127 Å². The van der Waals surface area contributed by atoms with Crippen LogP contribution in [0.2, 0.25) is 0 Å². The Morgan fingerprint density at radius 2 is 0.965 bits per heavy atom. The Bertz CT molecular complexity index is 3250. The lowest BCUT2D eigenvalue weighted by Crippen LogP contribution is -2.04. The quantitative estimate of drug-likeness (QED) is 0.171. The van der Waals surface area contributed by atoms with Gasteiger partial charge in [-0.2, -0.15) is 0 Å². The van der Waals surface area contributed by atoms with Crippen molar-refractivity contribution in [3.05, 3.63) is 194 Å². The van der Waals surface area contributed by atoms with Crippen LogP contribution < -0.4 is 0 Å². The van der Waals surface area contributed by atoms with Crippen molar-refractivity contribution in [1.29, 1.82) is 0 Å². The van der Waals surface area contributed by atoms with Gasteiger partial charge >= 0.3 is 0 Å². The molecule has 0 N–H and O–H groups in total. The summed E-state index contributed by atoms with van der Waals surface area (Å²) < 4.78 is 8.93. The van der Waals surface area contributed by atoms with Gasteiger partial charge in [-0.25, -0.2) is 15.0 Å². The van der Waals surface area contributed by atoms with Crippen LogP contribution in [0.25, 0.3) is 106 Å². The molecule has 11 rings (SSSR count). The molecule has 0 bridgehead atoms. The lowest BCUT2D eigenvalue weighted by molar-refractivity contribution is 0.670. The van der Waals surface area contributed by atoms with E-state index in [9.17, 15) is 0 Å². The Morgan fingerprint density at radius 3 is 1.74 bits per heavy atom. The summed E-state index contributed by atoms with van der Waals surface area (Å²) in [7, 11) is 0. The molecule has 0 saturated carbocycles. The van der Waals surface area contributed by atoms with Gasteiger partial charge in [0.15, 0.2) is 17.5 Å². The Morgan fingerprint density at radius 1 is 0.386 bits per heavy atom. The summed E-state index contributed by atoms with van der Waals surface area (Å²) in [6.07, 6.45) is 0. The summed E-state index contributed by atoms with van der Waals surface area (Å²) in [4.78, 5) is 15.6. The highest BCUT2D eigenvalue weighted by Crippen LogP contribution is 2.42. The van der Waals surface area contributed by atoms with Crippen LogP contribution in [0.5, 0.6) is 0 Å². The largest absolute Gasteiger partial charge is 0.455 e. The van der Waals surface area contributed by atoms with Gasteiger partial charge in [-0.3, -0.25) is 0 Å². The minimum Gasteiger partial charge on any atom is -0.455 e. The number of nitrogens with zero attached hydrogens (tertiary/aromatic N) is 4. The molecule has 0 atom stereocenters. The molecule has 8 aromatic carbocycles. The van der Waals surface area contributed by atoms with E-state index < -0.39 is 0 Å². The van der Waals surface area contributed by atoms with E-state index in [0.29, 0.717) is 17.5 Å². The highest BCUT2D eigenvalue weighted by Gasteiger charge is 2.22. The first-order chi connectivity index (χ1) is 28.2. The second-order valence-corrected chi connectivity index (χ2v) is 14.5. The molecule has 5 nitrogen and oxygen atoms in total. The van der Waals surface area contributed by atoms with Gasteiger partial charge in [0.05, 0.1) is 16.7 Å². The van der Waals surface area contributed by atoms with Crippen molar-refractivity contribution in [2.75, 3.05) is 0 Å². The van der Waals surface area contributed by atoms with E-state index in [1.165, 1.54) is 27.5 Å². The van der Waals surface area contributed by atoms with Crippen molar-refractivity contribution in [2.45, 2.75) is 6.92 Å². The molecule has 0 unspecified atom stereocenters. The van der Waals surface area contributed by atoms with Gasteiger partial charge in [0.2, 0.25) is 0 Å². The van der Waals surface area contributed by atoms with Gasteiger partial charge in [0.1, 0.15) is 11.2 Å². The molecule has 0 spiro atoms. The molecule has 0 fully saturated rings. The topological polar surface area (TPSA) is 56.7 Å². The van der Waals surface area contributed by atoms with E-state index in [4.69, 9.17) is 19.4 Å². The van der Waals surface area contributed by atoms with Crippen LogP contribution in [0.4, 0.5) is 0 Å². The first-order valence-corrected chi connectivity index (χ1v) is 19.2.